The van der Waals surface area contributed by atoms with Gasteiger partial charge in [0.15, 0.2) is 0 Å². The van der Waals surface area contributed by atoms with Gasteiger partial charge in [0.25, 0.3) is 0 Å². The number of aliphatic hydroxyl groups is 1. The van der Waals surface area contributed by atoms with Gasteiger partial charge < -0.3 is 15.7 Å². The van der Waals surface area contributed by atoms with E-state index < -0.39 is 0 Å². The molecule has 6 heteroatoms. The normalized spacial score (nSPS) is 12.5. The van der Waals surface area contributed by atoms with E-state index in [-0.39, 0.29) is 18.7 Å². The fraction of sp³-hybridized carbons (Fsp3) is 0.667. The average Bonchev–Trinajstić information content (AvgIpc) is 2.71. The second kappa shape index (κ2) is 7.33. The number of hydrogen-bond donors (Lipinski definition) is 3. The maximum absolute atomic E-state index is 11.6. The topological polar surface area (TPSA) is 74.2 Å². The molecule has 0 aromatic carbocycles. The first-order chi connectivity index (χ1) is 8.51. The van der Waals surface area contributed by atoms with E-state index in [2.05, 4.69) is 29.5 Å². The molecule has 0 saturated carbocycles. The summed E-state index contributed by atoms with van der Waals surface area (Å²) in [6, 6.07) is -0.453. The molecule has 18 heavy (non-hydrogen) atoms. The zero-order chi connectivity index (χ0) is 13.5. The zero-order valence-corrected chi connectivity index (χ0v) is 11.9. The molecular formula is C12H21N3O2S. The van der Waals surface area contributed by atoms with Gasteiger partial charge in [0.05, 0.1) is 19.2 Å². The van der Waals surface area contributed by atoms with E-state index in [4.69, 9.17) is 5.11 Å². The number of thiazole rings is 1. The van der Waals surface area contributed by atoms with Crippen molar-refractivity contribution in [3.05, 3.63) is 16.1 Å². The minimum absolute atomic E-state index is 0.0397. The van der Waals surface area contributed by atoms with Gasteiger partial charge in [-0.3, -0.25) is 0 Å². The minimum atomic E-state index is -0.262. The van der Waals surface area contributed by atoms with Crippen LogP contribution in [-0.2, 0) is 6.54 Å². The number of hydrogen-bond acceptors (Lipinski definition) is 4. The summed E-state index contributed by atoms with van der Waals surface area (Å²) in [6.07, 6.45) is 2.55. The van der Waals surface area contributed by atoms with E-state index in [0.717, 1.165) is 16.3 Å². The molecule has 0 radical (unpaired) electrons. The number of rotatable bonds is 6. The van der Waals surface area contributed by atoms with Crippen molar-refractivity contribution in [1.29, 1.82) is 0 Å². The Bertz CT molecular complexity index is 379. The molecule has 1 aromatic rings. The highest BCUT2D eigenvalue weighted by Gasteiger charge is 2.12. The van der Waals surface area contributed by atoms with Crippen LogP contribution in [0, 0.1) is 12.8 Å². The Hall–Kier alpha value is -1.14. The van der Waals surface area contributed by atoms with Crippen LogP contribution in [0.25, 0.3) is 0 Å². The summed E-state index contributed by atoms with van der Waals surface area (Å²) in [5, 5.41) is 15.5. The first-order valence-electron chi connectivity index (χ1n) is 6.07. The summed E-state index contributed by atoms with van der Waals surface area (Å²) >= 11 is 1.56. The number of nitrogens with zero attached hydrogens (tertiary/aromatic N) is 1. The SMILES string of the molecule is Cc1cnc(CNC(=O)NC(CO)CC(C)C)s1. The van der Waals surface area contributed by atoms with Crippen molar-refractivity contribution in [3.63, 3.8) is 0 Å². The van der Waals surface area contributed by atoms with Crippen LogP contribution in [0.4, 0.5) is 4.79 Å². The van der Waals surface area contributed by atoms with Crippen LogP contribution >= 0.6 is 11.3 Å². The first kappa shape index (κ1) is 14.9. The maximum Gasteiger partial charge on any atom is 0.315 e. The molecule has 1 aromatic heterocycles. The van der Waals surface area contributed by atoms with Crippen LogP contribution in [0.3, 0.4) is 0 Å². The summed E-state index contributed by atoms with van der Waals surface area (Å²) in [5.74, 6) is 0.434. The average molecular weight is 271 g/mol. The summed E-state index contributed by atoms with van der Waals surface area (Å²) in [4.78, 5) is 16.9. The molecule has 2 amide bonds. The molecule has 102 valence electrons. The lowest BCUT2D eigenvalue weighted by atomic mass is 10.0. The second-order valence-electron chi connectivity index (χ2n) is 4.70. The first-order valence-corrected chi connectivity index (χ1v) is 6.89. The van der Waals surface area contributed by atoms with Gasteiger partial charge >= 0.3 is 6.03 Å². The molecule has 3 N–H and O–H groups in total. The van der Waals surface area contributed by atoms with E-state index in [1.807, 2.05) is 6.92 Å². The predicted molar refractivity (Wildman–Crippen MR) is 72.6 cm³/mol. The van der Waals surface area contributed by atoms with Crippen molar-refractivity contribution >= 4 is 17.4 Å². The third-order valence-corrected chi connectivity index (χ3v) is 3.29. The molecule has 1 atom stereocenters. The van der Waals surface area contributed by atoms with Gasteiger partial charge in [0, 0.05) is 11.1 Å². The lowest BCUT2D eigenvalue weighted by Crippen LogP contribution is -2.44. The molecule has 0 saturated heterocycles. The van der Waals surface area contributed by atoms with Gasteiger partial charge in [0.1, 0.15) is 5.01 Å². The van der Waals surface area contributed by atoms with Gasteiger partial charge in [-0.25, -0.2) is 9.78 Å². The number of aryl methyl sites for hydroxylation is 1. The molecular weight excluding hydrogens is 250 g/mol. The molecule has 0 aliphatic heterocycles. The van der Waals surface area contributed by atoms with E-state index in [0.29, 0.717) is 12.5 Å². The van der Waals surface area contributed by atoms with Crippen molar-refractivity contribution in [2.24, 2.45) is 5.92 Å². The van der Waals surface area contributed by atoms with Gasteiger partial charge in [-0.15, -0.1) is 11.3 Å². The van der Waals surface area contributed by atoms with Crippen LogP contribution in [-0.4, -0.2) is 28.8 Å². The highest BCUT2D eigenvalue weighted by Crippen LogP contribution is 2.10. The molecule has 5 nitrogen and oxygen atoms in total. The lowest BCUT2D eigenvalue weighted by molar-refractivity contribution is 0.206. The summed E-state index contributed by atoms with van der Waals surface area (Å²) in [5.41, 5.74) is 0. The smallest absolute Gasteiger partial charge is 0.315 e. The largest absolute Gasteiger partial charge is 0.394 e. The van der Waals surface area contributed by atoms with Crippen LogP contribution in [0.15, 0.2) is 6.20 Å². The Morgan fingerprint density at radius 1 is 1.56 bits per heavy atom. The monoisotopic (exact) mass is 271 g/mol. The third kappa shape index (κ3) is 5.46. The van der Waals surface area contributed by atoms with Gasteiger partial charge in [-0.2, -0.15) is 0 Å². The van der Waals surface area contributed by atoms with Crippen LogP contribution in [0.1, 0.15) is 30.2 Å². The van der Waals surface area contributed by atoms with E-state index in [1.165, 1.54) is 0 Å². The standard InChI is InChI=1S/C12H21N3O2S/c1-8(2)4-10(7-16)15-12(17)14-6-11-13-5-9(3)18-11/h5,8,10,16H,4,6-7H2,1-3H3,(H2,14,15,17). The van der Waals surface area contributed by atoms with E-state index >= 15 is 0 Å². The molecule has 0 spiro atoms. The Morgan fingerprint density at radius 3 is 2.78 bits per heavy atom. The minimum Gasteiger partial charge on any atom is -0.394 e. The number of carbonyl (C=O) groups excluding carboxylic acids is 1. The van der Waals surface area contributed by atoms with Gasteiger partial charge in [-0.1, -0.05) is 13.8 Å². The van der Waals surface area contributed by atoms with Gasteiger partial charge in [-0.05, 0) is 19.3 Å². The Labute approximate surface area is 112 Å². The van der Waals surface area contributed by atoms with Crippen molar-refractivity contribution in [3.8, 4) is 0 Å². The highest BCUT2D eigenvalue weighted by atomic mass is 32.1. The van der Waals surface area contributed by atoms with Crippen molar-refractivity contribution in [2.45, 2.75) is 39.8 Å². The molecule has 1 rings (SSSR count). The predicted octanol–water partition coefficient (Wildman–Crippen LogP) is 1.66. The highest BCUT2D eigenvalue weighted by molar-refractivity contribution is 7.11. The number of urea groups is 1. The zero-order valence-electron chi connectivity index (χ0n) is 11.1. The van der Waals surface area contributed by atoms with E-state index in [1.54, 1.807) is 17.5 Å². The summed E-state index contributed by atoms with van der Waals surface area (Å²) in [7, 11) is 0. The number of nitrogens with one attached hydrogen (secondary N) is 2. The Morgan fingerprint density at radius 2 is 2.28 bits per heavy atom. The molecule has 0 aliphatic carbocycles. The molecule has 1 heterocycles. The maximum atomic E-state index is 11.6. The number of carbonyl (C=O) groups is 1. The Kier molecular flexibility index (Phi) is 6.07. The molecule has 0 bridgehead atoms. The number of amides is 2. The van der Waals surface area contributed by atoms with E-state index in [9.17, 15) is 4.79 Å². The summed E-state index contributed by atoms with van der Waals surface area (Å²) < 4.78 is 0. The van der Waals surface area contributed by atoms with Crippen LogP contribution in [0.2, 0.25) is 0 Å². The fourth-order valence-corrected chi connectivity index (χ4v) is 2.35. The van der Waals surface area contributed by atoms with Crippen LogP contribution < -0.4 is 10.6 Å². The molecule has 0 fully saturated rings. The molecule has 1 unspecified atom stereocenters. The number of aliphatic hydroxyl groups excluding tert-OH is 1. The summed E-state index contributed by atoms with van der Waals surface area (Å²) in [6.45, 7) is 6.47. The quantitative estimate of drug-likeness (QED) is 0.736. The fourth-order valence-electron chi connectivity index (χ4n) is 1.62. The third-order valence-electron chi connectivity index (χ3n) is 2.38. The Balaban J connectivity index is 2.32. The molecule has 0 aliphatic rings. The van der Waals surface area contributed by atoms with Crippen molar-refractivity contribution < 1.29 is 9.90 Å². The lowest BCUT2D eigenvalue weighted by Gasteiger charge is -2.18. The second-order valence-corrected chi connectivity index (χ2v) is 6.02. The number of aromatic nitrogens is 1. The van der Waals surface area contributed by atoms with Crippen molar-refractivity contribution in [2.75, 3.05) is 6.61 Å². The van der Waals surface area contributed by atoms with Gasteiger partial charge in [0.2, 0.25) is 0 Å². The van der Waals surface area contributed by atoms with Crippen LogP contribution in [0.5, 0.6) is 0 Å². The van der Waals surface area contributed by atoms with Crippen molar-refractivity contribution in [1.82, 2.24) is 15.6 Å².